The molecule has 0 aliphatic carbocycles. The molecule has 0 aliphatic heterocycles. The number of carbonyl (C=O) groups excluding carboxylic acids is 2. The highest BCUT2D eigenvalue weighted by atomic mass is 79.9. The maximum Gasteiger partial charge on any atom is 0.289 e. The number of hydrogen-bond donors (Lipinski definition) is 1. The minimum absolute atomic E-state index is 0.117. The van der Waals surface area contributed by atoms with Gasteiger partial charge in [-0.15, -0.1) is 0 Å². The first-order valence-electron chi connectivity index (χ1n) is 9.87. The standard InChI is InChI=1S/C23H23BrN4O4/c1-4-31-20-12-15(11-17(24)22(20)32-14-21(29)28(2)3)13-25-27-23(30)19-10-9-16-7-5-6-8-18(16)26-19/h5-13H,4,14H2,1-3H3,(H,27,30)/b25-13+. The number of nitrogens with zero attached hydrogens (tertiary/aromatic N) is 3. The van der Waals surface area contributed by atoms with E-state index in [2.05, 4.69) is 31.4 Å². The van der Waals surface area contributed by atoms with Crippen molar-refractivity contribution in [2.45, 2.75) is 6.92 Å². The van der Waals surface area contributed by atoms with Gasteiger partial charge in [-0.1, -0.05) is 24.3 Å². The molecule has 32 heavy (non-hydrogen) atoms. The minimum Gasteiger partial charge on any atom is -0.490 e. The molecule has 0 aliphatic rings. The zero-order valence-corrected chi connectivity index (χ0v) is 19.5. The van der Waals surface area contributed by atoms with Gasteiger partial charge < -0.3 is 14.4 Å². The summed E-state index contributed by atoms with van der Waals surface area (Å²) in [6.07, 6.45) is 1.49. The van der Waals surface area contributed by atoms with Crippen LogP contribution in [0.5, 0.6) is 11.5 Å². The van der Waals surface area contributed by atoms with Gasteiger partial charge in [0.1, 0.15) is 5.69 Å². The molecule has 1 heterocycles. The number of aromatic nitrogens is 1. The summed E-state index contributed by atoms with van der Waals surface area (Å²) in [6.45, 7) is 2.14. The number of ether oxygens (including phenoxy) is 2. The molecule has 0 bridgehead atoms. The van der Waals surface area contributed by atoms with Gasteiger partial charge in [0.15, 0.2) is 18.1 Å². The van der Waals surface area contributed by atoms with Gasteiger partial charge in [0.2, 0.25) is 0 Å². The van der Waals surface area contributed by atoms with E-state index in [0.29, 0.717) is 28.1 Å². The lowest BCUT2D eigenvalue weighted by Gasteiger charge is -2.16. The lowest BCUT2D eigenvalue weighted by Crippen LogP contribution is -2.27. The zero-order chi connectivity index (χ0) is 23.1. The third kappa shape index (κ3) is 5.82. The molecule has 0 radical (unpaired) electrons. The summed E-state index contributed by atoms with van der Waals surface area (Å²) in [4.78, 5) is 30.0. The van der Waals surface area contributed by atoms with E-state index in [1.54, 1.807) is 32.3 Å². The quantitative estimate of drug-likeness (QED) is 0.378. The van der Waals surface area contributed by atoms with Crippen LogP contribution < -0.4 is 14.9 Å². The van der Waals surface area contributed by atoms with Crippen LogP contribution in [-0.2, 0) is 4.79 Å². The molecule has 2 amide bonds. The van der Waals surface area contributed by atoms with Crippen molar-refractivity contribution < 1.29 is 19.1 Å². The van der Waals surface area contributed by atoms with Crippen molar-refractivity contribution in [2.75, 3.05) is 27.3 Å². The molecule has 2 aromatic carbocycles. The van der Waals surface area contributed by atoms with E-state index in [0.717, 1.165) is 10.9 Å². The molecule has 166 valence electrons. The third-order valence-corrected chi connectivity index (χ3v) is 4.97. The van der Waals surface area contributed by atoms with Gasteiger partial charge in [0.05, 0.1) is 22.8 Å². The van der Waals surface area contributed by atoms with Crippen LogP contribution in [0, 0.1) is 0 Å². The number of pyridine rings is 1. The first-order valence-corrected chi connectivity index (χ1v) is 10.7. The lowest BCUT2D eigenvalue weighted by atomic mass is 10.2. The number of amides is 2. The fourth-order valence-corrected chi connectivity index (χ4v) is 3.32. The SMILES string of the molecule is CCOc1cc(/C=N/NC(=O)c2ccc3ccccc3n2)cc(Br)c1OCC(=O)N(C)C. The van der Waals surface area contributed by atoms with Gasteiger partial charge in [-0.25, -0.2) is 10.4 Å². The number of hydrogen-bond acceptors (Lipinski definition) is 6. The largest absolute Gasteiger partial charge is 0.490 e. The van der Waals surface area contributed by atoms with Crippen molar-refractivity contribution in [1.29, 1.82) is 0 Å². The van der Waals surface area contributed by atoms with E-state index >= 15 is 0 Å². The van der Waals surface area contributed by atoms with Crippen LogP contribution in [0.1, 0.15) is 23.0 Å². The second-order valence-corrected chi connectivity index (χ2v) is 7.78. The Balaban J connectivity index is 1.72. The smallest absolute Gasteiger partial charge is 0.289 e. The highest BCUT2D eigenvalue weighted by Gasteiger charge is 2.14. The van der Waals surface area contributed by atoms with Crippen LogP contribution in [0.25, 0.3) is 10.9 Å². The molecule has 3 rings (SSSR count). The van der Waals surface area contributed by atoms with Gasteiger partial charge in [0.25, 0.3) is 11.8 Å². The maximum atomic E-state index is 12.4. The molecular weight excluding hydrogens is 476 g/mol. The molecule has 0 unspecified atom stereocenters. The van der Waals surface area contributed by atoms with Crippen molar-refractivity contribution in [3.05, 3.63) is 64.3 Å². The first-order chi connectivity index (χ1) is 15.4. The summed E-state index contributed by atoms with van der Waals surface area (Å²) < 4.78 is 11.9. The summed E-state index contributed by atoms with van der Waals surface area (Å²) >= 11 is 3.45. The maximum absolute atomic E-state index is 12.4. The Hall–Kier alpha value is -3.46. The van der Waals surface area contributed by atoms with Crippen LogP contribution in [0.4, 0.5) is 0 Å². The average Bonchev–Trinajstić information content (AvgIpc) is 2.78. The second kappa shape index (κ2) is 10.7. The summed E-state index contributed by atoms with van der Waals surface area (Å²) in [5.41, 5.74) is 4.15. The Morgan fingerprint density at radius 2 is 1.94 bits per heavy atom. The van der Waals surface area contributed by atoms with Crippen molar-refractivity contribution in [1.82, 2.24) is 15.3 Å². The molecule has 0 saturated heterocycles. The fraction of sp³-hybridized carbons (Fsp3) is 0.217. The van der Waals surface area contributed by atoms with Crippen LogP contribution in [-0.4, -0.2) is 55.2 Å². The molecule has 9 heteroatoms. The van der Waals surface area contributed by atoms with Gasteiger partial charge in [-0.2, -0.15) is 5.10 Å². The number of benzene rings is 2. The van der Waals surface area contributed by atoms with E-state index < -0.39 is 5.91 Å². The van der Waals surface area contributed by atoms with E-state index in [4.69, 9.17) is 9.47 Å². The van der Waals surface area contributed by atoms with E-state index in [-0.39, 0.29) is 18.2 Å². The normalized spacial score (nSPS) is 10.9. The summed E-state index contributed by atoms with van der Waals surface area (Å²) in [5.74, 6) is 0.286. The predicted octanol–water partition coefficient (Wildman–Crippen LogP) is 3.63. The van der Waals surface area contributed by atoms with Gasteiger partial charge in [-0.3, -0.25) is 9.59 Å². The minimum atomic E-state index is -0.418. The Kier molecular flexibility index (Phi) is 7.77. The Morgan fingerprint density at radius 3 is 2.69 bits per heavy atom. The topological polar surface area (TPSA) is 93.1 Å². The van der Waals surface area contributed by atoms with Crippen LogP contribution >= 0.6 is 15.9 Å². The Labute approximate surface area is 194 Å². The first kappa shape index (κ1) is 23.2. The summed E-state index contributed by atoms with van der Waals surface area (Å²) in [6, 6.07) is 14.5. The number of halogens is 1. The molecule has 1 aromatic heterocycles. The molecule has 0 spiro atoms. The van der Waals surface area contributed by atoms with Crippen LogP contribution in [0.15, 0.2) is 58.1 Å². The number of rotatable bonds is 8. The summed E-state index contributed by atoms with van der Waals surface area (Å²) in [5, 5.41) is 4.98. The number of hydrazone groups is 1. The van der Waals surface area contributed by atoms with Gasteiger partial charge >= 0.3 is 0 Å². The average molecular weight is 499 g/mol. The lowest BCUT2D eigenvalue weighted by molar-refractivity contribution is -0.130. The molecule has 0 fully saturated rings. The molecule has 0 atom stereocenters. The number of para-hydroxylation sites is 1. The third-order valence-electron chi connectivity index (χ3n) is 4.38. The number of fused-ring (bicyclic) bond motifs is 1. The van der Waals surface area contributed by atoms with Crippen LogP contribution in [0.3, 0.4) is 0 Å². The summed E-state index contributed by atoms with van der Waals surface area (Å²) in [7, 11) is 3.32. The van der Waals surface area contributed by atoms with Gasteiger partial charge in [-0.05, 0) is 52.7 Å². The Morgan fingerprint density at radius 1 is 1.16 bits per heavy atom. The van der Waals surface area contributed by atoms with Crippen molar-refractivity contribution in [2.24, 2.45) is 5.10 Å². The van der Waals surface area contributed by atoms with Crippen molar-refractivity contribution >= 4 is 44.9 Å². The fourth-order valence-electron chi connectivity index (χ4n) is 2.74. The van der Waals surface area contributed by atoms with E-state index in [1.807, 2.05) is 37.3 Å². The monoisotopic (exact) mass is 498 g/mol. The van der Waals surface area contributed by atoms with Crippen molar-refractivity contribution in [3.8, 4) is 11.5 Å². The highest BCUT2D eigenvalue weighted by Crippen LogP contribution is 2.36. The number of carbonyl (C=O) groups is 2. The molecule has 1 N–H and O–H groups in total. The predicted molar refractivity (Wildman–Crippen MR) is 126 cm³/mol. The van der Waals surface area contributed by atoms with Crippen LogP contribution in [0.2, 0.25) is 0 Å². The number of likely N-dealkylation sites (N-methyl/N-ethyl adjacent to an activating group) is 1. The molecule has 3 aromatic rings. The number of nitrogens with one attached hydrogen (secondary N) is 1. The van der Waals surface area contributed by atoms with E-state index in [1.165, 1.54) is 11.1 Å². The molecular formula is C23H23BrN4O4. The van der Waals surface area contributed by atoms with E-state index in [9.17, 15) is 9.59 Å². The zero-order valence-electron chi connectivity index (χ0n) is 18.0. The van der Waals surface area contributed by atoms with Crippen molar-refractivity contribution in [3.63, 3.8) is 0 Å². The Bertz CT molecular complexity index is 1160. The molecule has 8 nitrogen and oxygen atoms in total. The second-order valence-electron chi connectivity index (χ2n) is 6.93. The molecule has 0 saturated carbocycles. The van der Waals surface area contributed by atoms with Gasteiger partial charge in [0, 0.05) is 19.5 Å². The highest BCUT2D eigenvalue weighted by molar-refractivity contribution is 9.10.